The Morgan fingerprint density at radius 2 is 2.14 bits per heavy atom. The summed E-state index contributed by atoms with van der Waals surface area (Å²) in [5.41, 5.74) is 0.900. The molecule has 1 aromatic rings. The van der Waals surface area contributed by atoms with Crippen molar-refractivity contribution in [1.82, 2.24) is 4.98 Å². The molecule has 2 nitrogen and oxygen atoms in total. The van der Waals surface area contributed by atoms with Crippen molar-refractivity contribution in [3.05, 3.63) is 28.0 Å². The van der Waals surface area contributed by atoms with Gasteiger partial charge in [0, 0.05) is 12.2 Å². The number of halogens is 2. The second kappa shape index (κ2) is 4.47. The van der Waals surface area contributed by atoms with Gasteiger partial charge >= 0.3 is 0 Å². The highest BCUT2D eigenvalue weighted by Gasteiger charge is 2.21. The summed E-state index contributed by atoms with van der Waals surface area (Å²) in [5.74, 6) is 0.772. The molecular formula is C10H11Cl2NO. The zero-order valence-corrected chi connectivity index (χ0v) is 9.18. The van der Waals surface area contributed by atoms with Gasteiger partial charge in [0.1, 0.15) is 10.3 Å². The lowest BCUT2D eigenvalue weighted by molar-refractivity contribution is 0.111. The first kappa shape index (κ1) is 10.2. The third-order valence-corrected chi connectivity index (χ3v) is 2.74. The van der Waals surface area contributed by atoms with E-state index in [1.165, 1.54) is 12.8 Å². The minimum Gasteiger partial charge on any atom is -0.376 e. The number of aromatic nitrogens is 1. The predicted molar refractivity (Wildman–Crippen MR) is 56.6 cm³/mol. The summed E-state index contributed by atoms with van der Waals surface area (Å²) in [6.07, 6.45) is 2.60. The lowest BCUT2D eigenvalue weighted by Gasteiger charge is -2.04. The maximum Gasteiger partial charge on any atom is 0.136 e. The van der Waals surface area contributed by atoms with Gasteiger partial charge in [-0.2, -0.15) is 0 Å². The highest BCUT2D eigenvalue weighted by atomic mass is 35.5. The van der Waals surface area contributed by atoms with Gasteiger partial charge in [0.25, 0.3) is 0 Å². The molecule has 76 valence electrons. The van der Waals surface area contributed by atoms with Gasteiger partial charge in [-0.15, -0.1) is 0 Å². The number of nitrogens with zero attached hydrogens (tertiary/aromatic N) is 1. The number of hydrogen-bond donors (Lipinski definition) is 0. The van der Waals surface area contributed by atoms with E-state index in [0.29, 0.717) is 16.9 Å². The quantitative estimate of drug-likeness (QED) is 0.743. The van der Waals surface area contributed by atoms with Crippen LogP contribution in [0, 0.1) is 5.92 Å². The smallest absolute Gasteiger partial charge is 0.136 e. The summed E-state index contributed by atoms with van der Waals surface area (Å²) in [6, 6.07) is 3.58. The van der Waals surface area contributed by atoms with Crippen LogP contribution < -0.4 is 0 Å². The van der Waals surface area contributed by atoms with Gasteiger partial charge in [-0.05, 0) is 24.8 Å². The first-order valence-electron chi connectivity index (χ1n) is 4.64. The van der Waals surface area contributed by atoms with E-state index in [1.807, 2.05) is 6.07 Å². The molecule has 0 amide bonds. The Morgan fingerprint density at radius 1 is 1.36 bits per heavy atom. The first-order valence-corrected chi connectivity index (χ1v) is 5.40. The van der Waals surface area contributed by atoms with Crippen LogP contribution in [0.25, 0.3) is 0 Å². The summed E-state index contributed by atoms with van der Waals surface area (Å²) in [4.78, 5) is 3.94. The molecule has 1 aliphatic carbocycles. The van der Waals surface area contributed by atoms with Crippen LogP contribution in [0.4, 0.5) is 0 Å². The van der Waals surface area contributed by atoms with E-state index in [-0.39, 0.29) is 0 Å². The second-order valence-electron chi connectivity index (χ2n) is 3.54. The molecule has 2 rings (SSSR count). The van der Waals surface area contributed by atoms with Crippen molar-refractivity contribution in [2.45, 2.75) is 19.4 Å². The summed E-state index contributed by atoms with van der Waals surface area (Å²) in [6.45, 7) is 1.36. The van der Waals surface area contributed by atoms with E-state index < -0.39 is 0 Å². The average molecular weight is 232 g/mol. The summed E-state index contributed by atoms with van der Waals surface area (Å²) in [5, 5.41) is 0.856. The van der Waals surface area contributed by atoms with Gasteiger partial charge in [0.2, 0.25) is 0 Å². The Bertz CT molecular complexity index is 326. The monoisotopic (exact) mass is 231 g/mol. The number of hydrogen-bond acceptors (Lipinski definition) is 2. The molecule has 0 N–H and O–H groups in total. The molecule has 0 aromatic carbocycles. The molecule has 0 atom stereocenters. The Labute approximate surface area is 93.2 Å². The van der Waals surface area contributed by atoms with E-state index in [9.17, 15) is 0 Å². The first-order chi connectivity index (χ1) is 6.75. The molecule has 0 aliphatic heterocycles. The minimum absolute atomic E-state index is 0.418. The third kappa shape index (κ3) is 2.84. The highest BCUT2D eigenvalue weighted by molar-refractivity contribution is 6.32. The molecule has 1 aliphatic rings. The molecule has 1 fully saturated rings. The Hall–Kier alpha value is -0.310. The number of pyridine rings is 1. The van der Waals surface area contributed by atoms with Crippen molar-refractivity contribution in [2.24, 2.45) is 5.92 Å². The van der Waals surface area contributed by atoms with Crippen LogP contribution in [0.5, 0.6) is 0 Å². The molecule has 1 saturated carbocycles. The molecule has 0 bridgehead atoms. The average Bonchev–Trinajstić information content (AvgIpc) is 2.92. The van der Waals surface area contributed by atoms with Crippen LogP contribution >= 0.6 is 23.2 Å². The fraction of sp³-hybridized carbons (Fsp3) is 0.500. The Balaban J connectivity index is 1.87. The lowest BCUT2D eigenvalue weighted by atomic mass is 10.3. The van der Waals surface area contributed by atoms with Crippen molar-refractivity contribution in [2.75, 3.05) is 6.61 Å². The fourth-order valence-corrected chi connectivity index (χ4v) is 1.57. The van der Waals surface area contributed by atoms with Gasteiger partial charge in [0.15, 0.2) is 0 Å². The molecule has 0 unspecified atom stereocenters. The van der Waals surface area contributed by atoms with Crippen molar-refractivity contribution in [3.63, 3.8) is 0 Å². The molecule has 14 heavy (non-hydrogen) atoms. The Kier molecular flexibility index (Phi) is 3.26. The second-order valence-corrected chi connectivity index (χ2v) is 4.29. The van der Waals surface area contributed by atoms with E-state index in [1.54, 1.807) is 6.07 Å². The topological polar surface area (TPSA) is 22.1 Å². The van der Waals surface area contributed by atoms with E-state index in [2.05, 4.69) is 4.98 Å². The normalized spacial score (nSPS) is 15.9. The van der Waals surface area contributed by atoms with Crippen molar-refractivity contribution in [1.29, 1.82) is 0 Å². The molecule has 1 heterocycles. The molecule has 0 saturated heterocycles. The van der Waals surface area contributed by atoms with Gasteiger partial charge in [0.05, 0.1) is 6.61 Å². The van der Waals surface area contributed by atoms with Crippen LogP contribution in [-0.4, -0.2) is 11.6 Å². The number of ether oxygens (including phenoxy) is 1. The van der Waals surface area contributed by atoms with E-state index >= 15 is 0 Å². The summed E-state index contributed by atoms with van der Waals surface area (Å²) < 4.78 is 5.50. The van der Waals surface area contributed by atoms with E-state index in [0.717, 1.165) is 18.1 Å². The zero-order chi connectivity index (χ0) is 9.97. The lowest BCUT2D eigenvalue weighted by Crippen LogP contribution is -1.98. The molecule has 0 radical (unpaired) electrons. The van der Waals surface area contributed by atoms with Gasteiger partial charge in [-0.3, -0.25) is 0 Å². The molecule has 0 spiro atoms. The highest BCUT2D eigenvalue weighted by Crippen LogP contribution is 2.29. The van der Waals surface area contributed by atoms with Crippen molar-refractivity contribution < 1.29 is 4.74 Å². The summed E-state index contributed by atoms with van der Waals surface area (Å²) >= 11 is 11.6. The van der Waals surface area contributed by atoms with Crippen LogP contribution in [0.2, 0.25) is 10.3 Å². The van der Waals surface area contributed by atoms with E-state index in [4.69, 9.17) is 27.9 Å². The Morgan fingerprint density at radius 3 is 2.79 bits per heavy atom. The SMILES string of the molecule is Clc1ccc(COCC2CC2)c(Cl)n1. The van der Waals surface area contributed by atoms with Crippen LogP contribution in [0.3, 0.4) is 0 Å². The van der Waals surface area contributed by atoms with Gasteiger partial charge < -0.3 is 4.74 Å². The summed E-state index contributed by atoms with van der Waals surface area (Å²) in [7, 11) is 0. The van der Waals surface area contributed by atoms with Crippen molar-refractivity contribution >= 4 is 23.2 Å². The van der Waals surface area contributed by atoms with Crippen LogP contribution in [0.15, 0.2) is 12.1 Å². The van der Waals surface area contributed by atoms with Gasteiger partial charge in [-0.25, -0.2) is 4.98 Å². The third-order valence-electron chi connectivity index (χ3n) is 2.20. The molecular weight excluding hydrogens is 221 g/mol. The van der Waals surface area contributed by atoms with Gasteiger partial charge in [-0.1, -0.05) is 29.3 Å². The minimum atomic E-state index is 0.418. The largest absolute Gasteiger partial charge is 0.376 e. The maximum atomic E-state index is 5.88. The van der Waals surface area contributed by atoms with Crippen LogP contribution in [-0.2, 0) is 11.3 Å². The molecule has 1 aromatic heterocycles. The standard InChI is InChI=1S/C10H11Cl2NO/c11-9-4-3-8(10(12)13-9)6-14-5-7-1-2-7/h3-4,7H,1-2,5-6H2. The maximum absolute atomic E-state index is 5.88. The van der Waals surface area contributed by atoms with Crippen LogP contribution in [0.1, 0.15) is 18.4 Å². The molecule has 4 heteroatoms. The number of rotatable bonds is 4. The van der Waals surface area contributed by atoms with Crippen molar-refractivity contribution in [3.8, 4) is 0 Å². The zero-order valence-electron chi connectivity index (χ0n) is 7.67. The predicted octanol–water partition coefficient (Wildman–Crippen LogP) is 3.32. The fourth-order valence-electron chi connectivity index (χ4n) is 1.17.